The number of rotatable bonds is 6. The number of nitrogens with one attached hydrogen (secondary N) is 2. The standard InChI is InChI=1S/C27H37N7O3/c1-27(2,28)24(35)32-11-13-33(14-12-32)25(36)30-23-9-10-34(26(37)31-23)22-8-6-19-15-21(7-5-20(19)16-22)29-17-18-3-4-18/h6,8-10,16,18,21,29H,3-5,7,11-15,17,28H2,1-2H3,(H,30,31,36,37). The van der Waals surface area contributed by atoms with Crippen LogP contribution >= 0.6 is 0 Å². The molecule has 2 aliphatic carbocycles. The molecule has 2 aromatic rings. The number of hydrogen-bond acceptors (Lipinski definition) is 6. The van der Waals surface area contributed by atoms with Crippen LogP contribution in [0, 0.1) is 5.92 Å². The van der Waals surface area contributed by atoms with Crippen molar-refractivity contribution in [3.8, 4) is 5.69 Å². The van der Waals surface area contributed by atoms with Crippen LogP contribution in [0.25, 0.3) is 5.69 Å². The third-order valence-electron chi connectivity index (χ3n) is 7.53. The van der Waals surface area contributed by atoms with Crippen molar-refractivity contribution in [2.45, 2.75) is 57.5 Å². The van der Waals surface area contributed by atoms with Gasteiger partial charge in [0.05, 0.1) is 11.2 Å². The number of aryl methyl sites for hydroxylation is 1. The molecular formula is C27H37N7O3. The topological polar surface area (TPSA) is 126 Å². The maximum Gasteiger partial charge on any atom is 0.354 e. The summed E-state index contributed by atoms with van der Waals surface area (Å²) in [5.74, 6) is 0.946. The number of carbonyl (C=O) groups is 2. The number of benzene rings is 1. The number of fused-ring (bicyclic) bond motifs is 1. The van der Waals surface area contributed by atoms with Gasteiger partial charge in [0.1, 0.15) is 5.82 Å². The molecule has 1 atom stereocenters. The molecule has 2 fully saturated rings. The number of amides is 3. The molecule has 10 nitrogen and oxygen atoms in total. The minimum Gasteiger partial charge on any atom is -0.338 e. The van der Waals surface area contributed by atoms with Crippen LogP contribution in [0.5, 0.6) is 0 Å². The van der Waals surface area contributed by atoms with Crippen LogP contribution in [-0.4, -0.2) is 75.6 Å². The predicted octanol–water partition coefficient (Wildman–Crippen LogP) is 1.50. The molecule has 1 aromatic heterocycles. The molecule has 1 aromatic carbocycles. The maximum atomic E-state index is 12.8. The quantitative estimate of drug-likeness (QED) is 0.544. The highest BCUT2D eigenvalue weighted by Crippen LogP contribution is 2.29. The monoisotopic (exact) mass is 507 g/mol. The molecule has 3 aliphatic rings. The number of anilines is 1. The molecule has 2 heterocycles. The highest BCUT2D eigenvalue weighted by molar-refractivity contribution is 5.89. The number of aromatic nitrogens is 2. The zero-order valence-electron chi connectivity index (χ0n) is 21.7. The summed E-state index contributed by atoms with van der Waals surface area (Å²) < 4.78 is 1.51. The Balaban J connectivity index is 1.18. The first-order valence-electron chi connectivity index (χ1n) is 13.3. The lowest BCUT2D eigenvalue weighted by molar-refractivity contribution is -0.137. The van der Waals surface area contributed by atoms with Crippen LogP contribution in [0.4, 0.5) is 10.6 Å². The summed E-state index contributed by atoms with van der Waals surface area (Å²) >= 11 is 0. The Hall–Kier alpha value is -3.24. The van der Waals surface area contributed by atoms with E-state index >= 15 is 0 Å². The summed E-state index contributed by atoms with van der Waals surface area (Å²) in [5.41, 5.74) is 7.92. The van der Waals surface area contributed by atoms with Gasteiger partial charge in [0.25, 0.3) is 0 Å². The molecule has 1 unspecified atom stereocenters. The van der Waals surface area contributed by atoms with Crippen LogP contribution in [0.2, 0.25) is 0 Å². The second kappa shape index (κ2) is 10.3. The molecule has 0 bridgehead atoms. The van der Waals surface area contributed by atoms with Crippen LogP contribution in [-0.2, 0) is 17.6 Å². The van der Waals surface area contributed by atoms with Crippen LogP contribution < -0.4 is 22.1 Å². The summed E-state index contributed by atoms with van der Waals surface area (Å²) in [6.07, 6.45) is 7.48. The first-order chi connectivity index (χ1) is 17.7. The number of nitrogens with zero attached hydrogens (tertiary/aromatic N) is 4. The number of urea groups is 1. The van der Waals surface area contributed by atoms with Gasteiger partial charge >= 0.3 is 11.7 Å². The zero-order chi connectivity index (χ0) is 26.2. The minimum atomic E-state index is -0.939. The van der Waals surface area contributed by atoms with E-state index in [1.54, 1.807) is 35.9 Å². The van der Waals surface area contributed by atoms with Gasteiger partial charge in [-0.15, -0.1) is 0 Å². The normalized spacial score (nSPS) is 19.9. The van der Waals surface area contributed by atoms with Crippen molar-refractivity contribution >= 4 is 17.8 Å². The molecule has 1 saturated heterocycles. The molecule has 0 radical (unpaired) electrons. The molecule has 0 spiro atoms. The van der Waals surface area contributed by atoms with Gasteiger partial charge in [-0.2, -0.15) is 4.98 Å². The van der Waals surface area contributed by atoms with Crippen molar-refractivity contribution in [1.82, 2.24) is 24.7 Å². The van der Waals surface area contributed by atoms with E-state index in [0.29, 0.717) is 32.2 Å². The number of nitrogens with two attached hydrogens (primary N) is 1. The van der Waals surface area contributed by atoms with Gasteiger partial charge in [-0.1, -0.05) is 6.07 Å². The molecule has 1 aliphatic heterocycles. The predicted molar refractivity (Wildman–Crippen MR) is 142 cm³/mol. The molecule has 10 heteroatoms. The van der Waals surface area contributed by atoms with E-state index in [4.69, 9.17) is 5.73 Å². The fourth-order valence-electron chi connectivity index (χ4n) is 5.10. The Kier molecular flexibility index (Phi) is 7.04. The third-order valence-corrected chi connectivity index (χ3v) is 7.53. The van der Waals surface area contributed by atoms with E-state index in [2.05, 4.69) is 27.8 Å². The summed E-state index contributed by atoms with van der Waals surface area (Å²) in [4.78, 5) is 45.2. The maximum absolute atomic E-state index is 12.8. The Morgan fingerprint density at radius 3 is 2.46 bits per heavy atom. The lowest BCUT2D eigenvalue weighted by Crippen LogP contribution is -2.58. The van der Waals surface area contributed by atoms with Gasteiger partial charge in [-0.25, -0.2) is 9.59 Å². The van der Waals surface area contributed by atoms with Gasteiger partial charge in [-0.05, 0) is 87.7 Å². The van der Waals surface area contributed by atoms with Gasteiger partial charge in [-0.3, -0.25) is 14.7 Å². The number of piperazine rings is 1. The van der Waals surface area contributed by atoms with Gasteiger partial charge in [0.2, 0.25) is 5.91 Å². The summed E-state index contributed by atoms with van der Waals surface area (Å²) in [5, 5.41) is 6.42. The highest BCUT2D eigenvalue weighted by atomic mass is 16.2. The third kappa shape index (κ3) is 6.02. The van der Waals surface area contributed by atoms with Crippen molar-refractivity contribution in [1.29, 1.82) is 0 Å². The van der Waals surface area contributed by atoms with Crippen molar-refractivity contribution in [3.05, 3.63) is 52.1 Å². The molecular weight excluding hydrogens is 470 g/mol. The molecule has 1 saturated carbocycles. The van der Waals surface area contributed by atoms with Crippen LogP contribution in [0.15, 0.2) is 35.3 Å². The average molecular weight is 508 g/mol. The van der Waals surface area contributed by atoms with Gasteiger partial charge in [0.15, 0.2) is 0 Å². The lowest BCUT2D eigenvalue weighted by Gasteiger charge is -2.37. The Bertz CT molecular complexity index is 1220. The van der Waals surface area contributed by atoms with Gasteiger partial charge in [0, 0.05) is 38.4 Å². The largest absolute Gasteiger partial charge is 0.354 e. The average Bonchev–Trinajstić information content (AvgIpc) is 3.71. The van der Waals surface area contributed by atoms with Crippen molar-refractivity contribution in [3.63, 3.8) is 0 Å². The van der Waals surface area contributed by atoms with E-state index in [1.807, 2.05) is 6.07 Å². The first-order valence-corrected chi connectivity index (χ1v) is 13.3. The van der Waals surface area contributed by atoms with Gasteiger partial charge < -0.3 is 20.9 Å². The van der Waals surface area contributed by atoms with E-state index in [0.717, 1.165) is 37.4 Å². The van der Waals surface area contributed by atoms with Crippen molar-refractivity contribution in [2.24, 2.45) is 11.7 Å². The highest BCUT2D eigenvalue weighted by Gasteiger charge is 2.31. The molecule has 5 rings (SSSR count). The minimum absolute atomic E-state index is 0.134. The molecule has 198 valence electrons. The Morgan fingerprint density at radius 1 is 1.05 bits per heavy atom. The molecule has 4 N–H and O–H groups in total. The second-order valence-electron chi connectivity index (χ2n) is 11.1. The Labute approximate surface area is 217 Å². The zero-order valence-corrected chi connectivity index (χ0v) is 21.7. The summed E-state index contributed by atoms with van der Waals surface area (Å²) in [6.45, 7) is 6.08. The van der Waals surface area contributed by atoms with Crippen molar-refractivity contribution < 1.29 is 9.59 Å². The number of carbonyl (C=O) groups excluding carboxylic acids is 2. The van der Waals surface area contributed by atoms with Crippen LogP contribution in [0.3, 0.4) is 0 Å². The summed E-state index contributed by atoms with van der Waals surface area (Å²) in [7, 11) is 0. The van der Waals surface area contributed by atoms with E-state index in [9.17, 15) is 14.4 Å². The summed E-state index contributed by atoms with van der Waals surface area (Å²) in [6, 6.07) is 7.98. The fourth-order valence-corrected chi connectivity index (χ4v) is 5.10. The van der Waals surface area contributed by atoms with Crippen molar-refractivity contribution in [2.75, 3.05) is 38.0 Å². The van der Waals surface area contributed by atoms with E-state index in [-0.39, 0.29) is 17.8 Å². The van der Waals surface area contributed by atoms with Crippen LogP contribution in [0.1, 0.15) is 44.2 Å². The second-order valence-corrected chi connectivity index (χ2v) is 11.1. The number of hydrogen-bond donors (Lipinski definition) is 3. The molecule has 37 heavy (non-hydrogen) atoms. The fraction of sp³-hybridized carbons (Fsp3) is 0.556. The Morgan fingerprint density at radius 2 is 1.78 bits per heavy atom. The first kappa shape index (κ1) is 25.4. The van der Waals surface area contributed by atoms with E-state index in [1.165, 1.54) is 28.5 Å². The van der Waals surface area contributed by atoms with E-state index < -0.39 is 11.2 Å². The SMILES string of the molecule is CC(C)(N)C(=O)N1CCN(C(=O)Nc2ccn(-c3ccc4c(c3)CCC(NCC3CC3)C4)c(=O)n2)CC1. The lowest BCUT2D eigenvalue weighted by atomic mass is 9.88. The molecule has 3 amide bonds. The smallest absolute Gasteiger partial charge is 0.338 e.